The molecule has 0 aliphatic carbocycles. The maximum absolute atomic E-state index is 6.25. The van der Waals surface area contributed by atoms with Crippen molar-refractivity contribution in [2.45, 2.75) is 19.9 Å². The van der Waals surface area contributed by atoms with Crippen LogP contribution in [0.1, 0.15) is 27.9 Å². The van der Waals surface area contributed by atoms with E-state index in [1.54, 1.807) is 11.3 Å². The number of aryl methyl sites for hydroxylation is 2. The van der Waals surface area contributed by atoms with E-state index in [2.05, 4.69) is 23.4 Å². The van der Waals surface area contributed by atoms with E-state index in [1.165, 1.54) is 5.56 Å². The second-order valence-corrected chi connectivity index (χ2v) is 5.38. The Bertz CT molecular complexity index is 699. The molecule has 3 aromatic heterocycles. The van der Waals surface area contributed by atoms with Crippen LogP contribution in [0, 0.1) is 13.8 Å². The van der Waals surface area contributed by atoms with Crippen LogP contribution in [0.2, 0.25) is 0 Å². The van der Waals surface area contributed by atoms with Gasteiger partial charge in [0, 0.05) is 16.6 Å². The molecule has 0 aromatic carbocycles. The van der Waals surface area contributed by atoms with Gasteiger partial charge in [0.25, 0.3) is 0 Å². The number of rotatable bonds is 2. The molecular formula is C14H14N2OS. The number of fused-ring (bicyclic) bond motifs is 1. The summed E-state index contributed by atoms with van der Waals surface area (Å²) in [5.41, 5.74) is 10.1. The second kappa shape index (κ2) is 4.23. The summed E-state index contributed by atoms with van der Waals surface area (Å²) in [5.74, 6) is 0.772. The molecule has 0 radical (unpaired) electrons. The summed E-state index contributed by atoms with van der Waals surface area (Å²) in [5, 5.41) is 2.05. The van der Waals surface area contributed by atoms with E-state index < -0.39 is 0 Å². The number of aromatic nitrogens is 1. The SMILES string of the molecule is Cc1ccc2oc(C(N)c3sccc3C)cc2n1. The number of thiophene rings is 1. The Morgan fingerprint density at radius 2 is 2.11 bits per heavy atom. The van der Waals surface area contributed by atoms with Gasteiger partial charge in [-0.3, -0.25) is 0 Å². The third kappa shape index (κ3) is 1.83. The van der Waals surface area contributed by atoms with Crippen molar-refractivity contribution >= 4 is 22.4 Å². The van der Waals surface area contributed by atoms with Gasteiger partial charge < -0.3 is 10.2 Å². The molecule has 3 aromatic rings. The Hall–Kier alpha value is -1.65. The van der Waals surface area contributed by atoms with Crippen LogP contribution < -0.4 is 5.73 Å². The lowest BCUT2D eigenvalue weighted by Gasteiger charge is -2.07. The van der Waals surface area contributed by atoms with Gasteiger partial charge in [0.1, 0.15) is 11.3 Å². The average molecular weight is 258 g/mol. The second-order valence-electron chi connectivity index (χ2n) is 4.43. The quantitative estimate of drug-likeness (QED) is 0.764. The zero-order valence-electron chi connectivity index (χ0n) is 10.3. The van der Waals surface area contributed by atoms with Crippen LogP contribution in [-0.4, -0.2) is 4.98 Å². The minimum absolute atomic E-state index is 0.209. The maximum Gasteiger partial charge on any atom is 0.152 e. The Labute approximate surface area is 109 Å². The van der Waals surface area contributed by atoms with Crippen molar-refractivity contribution in [1.29, 1.82) is 0 Å². The lowest BCUT2D eigenvalue weighted by atomic mass is 10.1. The summed E-state index contributed by atoms with van der Waals surface area (Å²) >= 11 is 1.66. The molecule has 1 atom stereocenters. The van der Waals surface area contributed by atoms with Gasteiger partial charge in [0.15, 0.2) is 5.58 Å². The van der Waals surface area contributed by atoms with Crippen LogP contribution >= 0.6 is 11.3 Å². The highest BCUT2D eigenvalue weighted by Crippen LogP contribution is 2.30. The molecule has 0 fully saturated rings. The molecule has 1 unspecified atom stereocenters. The predicted octanol–water partition coefficient (Wildman–Crippen LogP) is 3.55. The summed E-state index contributed by atoms with van der Waals surface area (Å²) in [6.45, 7) is 4.03. The maximum atomic E-state index is 6.25. The van der Waals surface area contributed by atoms with Crippen molar-refractivity contribution in [3.05, 3.63) is 51.5 Å². The van der Waals surface area contributed by atoms with Crippen molar-refractivity contribution < 1.29 is 4.42 Å². The minimum atomic E-state index is -0.209. The smallest absolute Gasteiger partial charge is 0.152 e. The zero-order chi connectivity index (χ0) is 12.7. The van der Waals surface area contributed by atoms with Gasteiger partial charge in [-0.25, -0.2) is 4.98 Å². The average Bonchev–Trinajstić information content (AvgIpc) is 2.93. The Morgan fingerprint density at radius 1 is 1.28 bits per heavy atom. The zero-order valence-corrected chi connectivity index (χ0v) is 11.1. The molecule has 4 heteroatoms. The van der Waals surface area contributed by atoms with Crippen LogP contribution in [0.25, 0.3) is 11.1 Å². The highest BCUT2D eigenvalue weighted by atomic mass is 32.1. The van der Waals surface area contributed by atoms with Crippen LogP contribution in [0.5, 0.6) is 0 Å². The van der Waals surface area contributed by atoms with Gasteiger partial charge in [0.2, 0.25) is 0 Å². The molecule has 0 aliphatic heterocycles. The Balaban J connectivity index is 2.07. The standard InChI is InChI=1S/C14H14N2OS/c1-8-5-6-18-14(8)13(15)12-7-10-11(17-12)4-3-9(2)16-10/h3-7,13H,15H2,1-2H3. The van der Waals surface area contributed by atoms with Crippen LogP contribution in [0.3, 0.4) is 0 Å². The van der Waals surface area contributed by atoms with Crippen LogP contribution in [-0.2, 0) is 0 Å². The first-order valence-corrected chi connectivity index (χ1v) is 6.70. The van der Waals surface area contributed by atoms with Gasteiger partial charge in [-0.1, -0.05) is 0 Å². The molecule has 2 N–H and O–H groups in total. The number of hydrogen-bond donors (Lipinski definition) is 1. The number of pyridine rings is 1. The predicted molar refractivity (Wildman–Crippen MR) is 73.8 cm³/mol. The topological polar surface area (TPSA) is 52.0 Å². The van der Waals surface area contributed by atoms with Crippen LogP contribution in [0.15, 0.2) is 34.1 Å². The number of hydrogen-bond acceptors (Lipinski definition) is 4. The molecule has 3 rings (SSSR count). The molecule has 0 spiro atoms. The molecular weight excluding hydrogens is 244 g/mol. The van der Waals surface area contributed by atoms with Crippen molar-refractivity contribution in [2.24, 2.45) is 5.73 Å². The van der Waals surface area contributed by atoms with E-state index in [0.717, 1.165) is 27.4 Å². The fraction of sp³-hybridized carbons (Fsp3) is 0.214. The molecule has 18 heavy (non-hydrogen) atoms. The fourth-order valence-corrected chi connectivity index (χ4v) is 2.97. The van der Waals surface area contributed by atoms with E-state index in [0.29, 0.717) is 0 Å². The van der Waals surface area contributed by atoms with E-state index in [4.69, 9.17) is 10.2 Å². The molecule has 0 bridgehead atoms. The largest absolute Gasteiger partial charge is 0.457 e. The van der Waals surface area contributed by atoms with E-state index in [-0.39, 0.29) is 6.04 Å². The number of furan rings is 1. The van der Waals surface area contributed by atoms with E-state index in [9.17, 15) is 0 Å². The summed E-state index contributed by atoms with van der Waals surface area (Å²) in [6.07, 6.45) is 0. The number of nitrogens with zero attached hydrogens (tertiary/aromatic N) is 1. The Morgan fingerprint density at radius 3 is 2.83 bits per heavy atom. The lowest BCUT2D eigenvalue weighted by Crippen LogP contribution is -2.10. The first-order valence-electron chi connectivity index (χ1n) is 5.82. The molecule has 0 aliphatic rings. The minimum Gasteiger partial charge on any atom is -0.457 e. The monoisotopic (exact) mass is 258 g/mol. The highest BCUT2D eigenvalue weighted by Gasteiger charge is 2.17. The van der Waals surface area contributed by atoms with Crippen molar-refractivity contribution in [2.75, 3.05) is 0 Å². The van der Waals surface area contributed by atoms with Gasteiger partial charge in [0.05, 0.1) is 6.04 Å². The third-order valence-electron chi connectivity index (χ3n) is 3.02. The lowest BCUT2D eigenvalue weighted by molar-refractivity contribution is 0.527. The highest BCUT2D eigenvalue weighted by molar-refractivity contribution is 7.10. The molecule has 0 amide bonds. The van der Waals surface area contributed by atoms with Crippen molar-refractivity contribution in [3.8, 4) is 0 Å². The normalized spacial score (nSPS) is 13.1. The molecule has 3 heterocycles. The van der Waals surface area contributed by atoms with E-state index >= 15 is 0 Å². The molecule has 0 saturated heterocycles. The van der Waals surface area contributed by atoms with Gasteiger partial charge in [-0.2, -0.15) is 0 Å². The van der Waals surface area contributed by atoms with Gasteiger partial charge in [-0.05, 0) is 43.0 Å². The van der Waals surface area contributed by atoms with Gasteiger partial charge >= 0.3 is 0 Å². The summed E-state index contributed by atoms with van der Waals surface area (Å²) in [6, 6.07) is 7.68. The molecule has 3 nitrogen and oxygen atoms in total. The van der Waals surface area contributed by atoms with Crippen molar-refractivity contribution in [1.82, 2.24) is 4.98 Å². The number of nitrogens with two attached hydrogens (primary N) is 1. The van der Waals surface area contributed by atoms with Crippen molar-refractivity contribution in [3.63, 3.8) is 0 Å². The summed E-state index contributed by atoms with van der Waals surface area (Å²) in [7, 11) is 0. The third-order valence-corrected chi connectivity index (χ3v) is 4.12. The van der Waals surface area contributed by atoms with Crippen LogP contribution in [0.4, 0.5) is 0 Å². The summed E-state index contributed by atoms with van der Waals surface area (Å²) < 4.78 is 5.78. The fourth-order valence-electron chi connectivity index (χ4n) is 2.03. The van der Waals surface area contributed by atoms with E-state index in [1.807, 2.05) is 25.1 Å². The first kappa shape index (κ1) is 11.4. The first-order chi connectivity index (χ1) is 8.65. The Kier molecular flexibility index (Phi) is 2.69. The summed E-state index contributed by atoms with van der Waals surface area (Å²) in [4.78, 5) is 5.58. The van der Waals surface area contributed by atoms with Gasteiger partial charge in [-0.15, -0.1) is 11.3 Å². The molecule has 0 saturated carbocycles. The molecule has 92 valence electrons.